The van der Waals surface area contributed by atoms with Crippen molar-refractivity contribution in [2.75, 3.05) is 11.9 Å². The number of aromatic nitrogens is 1. The molecule has 0 spiro atoms. The molecule has 0 saturated heterocycles. The molecule has 3 rings (SSSR count). The molecule has 0 atom stereocenters. The molecule has 1 aliphatic carbocycles. The van der Waals surface area contributed by atoms with E-state index in [2.05, 4.69) is 22.4 Å². The van der Waals surface area contributed by atoms with Crippen molar-refractivity contribution < 1.29 is 9.84 Å². The second kappa shape index (κ2) is 6.59. The smallest absolute Gasteiger partial charge is 0.126 e. The third kappa shape index (κ3) is 4.20. The molecule has 1 aromatic heterocycles. The largest absolute Gasteiger partial charge is 0.493 e. The van der Waals surface area contributed by atoms with Crippen molar-refractivity contribution in [2.24, 2.45) is 5.92 Å². The highest BCUT2D eigenvalue weighted by molar-refractivity contribution is 5.37. The molecule has 1 aliphatic rings. The van der Waals surface area contributed by atoms with Gasteiger partial charge in [-0.3, -0.25) is 0 Å². The van der Waals surface area contributed by atoms with Gasteiger partial charge in [0.25, 0.3) is 0 Å². The summed E-state index contributed by atoms with van der Waals surface area (Å²) < 4.78 is 5.72. The van der Waals surface area contributed by atoms with Crippen LogP contribution in [0.15, 0.2) is 42.6 Å². The number of nitrogens with one attached hydrogen (secondary N) is 1. The van der Waals surface area contributed by atoms with Crippen LogP contribution in [0.1, 0.15) is 24.0 Å². The third-order valence-corrected chi connectivity index (χ3v) is 3.59. The fourth-order valence-electron chi connectivity index (χ4n) is 2.02. The highest BCUT2D eigenvalue weighted by atomic mass is 16.5. The Labute approximate surface area is 124 Å². The van der Waals surface area contributed by atoms with Gasteiger partial charge in [0.2, 0.25) is 0 Å². The lowest BCUT2D eigenvalue weighted by Gasteiger charge is -2.08. The second-order valence-corrected chi connectivity index (χ2v) is 5.46. The summed E-state index contributed by atoms with van der Waals surface area (Å²) >= 11 is 0. The number of aliphatic hydroxyl groups excluding tert-OH is 1. The average molecular weight is 284 g/mol. The van der Waals surface area contributed by atoms with Gasteiger partial charge in [0, 0.05) is 12.7 Å². The normalized spacial score (nSPS) is 14.0. The molecule has 0 radical (unpaired) electrons. The molecule has 0 amide bonds. The van der Waals surface area contributed by atoms with Crippen LogP contribution >= 0.6 is 0 Å². The zero-order valence-corrected chi connectivity index (χ0v) is 12.0. The number of rotatable bonds is 7. The van der Waals surface area contributed by atoms with E-state index in [9.17, 15) is 0 Å². The van der Waals surface area contributed by atoms with E-state index in [1.165, 1.54) is 18.4 Å². The van der Waals surface area contributed by atoms with E-state index in [0.29, 0.717) is 6.54 Å². The molecule has 1 saturated carbocycles. The van der Waals surface area contributed by atoms with Crippen LogP contribution in [0.4, 0.5) is 5.82 Å². The molecule has 0 aliphatic heterocycles. The first kappa shape index (κ1) is 13.9. The summed E-state index contributed by atoms with van der Waals surface area (Å²) in [4.78, 5) is 4.24. The molecule has 0 unspecified atom stereocenters. The summed E-state index contributed by atoms with van der Waals surface area (Å²) in [5.41, 5.74) is 2.00. The maximum absolute atomic E-state index is 8.97. The average Bonchev–Trinajstić information content (AvgIpc) is 3.37. The maximum Gasteiger partial charge on any atom is 0.126 e. The first-order valence-corrected chi connectivity index (χ1v) is 7.35. The first-order valence-electron chi connectivity index (χ1n) is 7.35. The molecular weight excluding hydrogens is 264 g/mol. The molecule has 2 N–H and O–H groups in total. The van der Waals surface area contributed by atoms with Gasteiger partial charge in [-0.2, -0.15) is 0 Å². The number of benzene rings is 1. The third-order valence-electron chi connectivity index (χ3n) is 3.59. The summed E-state index contributed by atoms with van der Waals surface area (Å²) in [7, 11) is 0. The first-order chi connectivity index (χ1) is 10.3. The van der Waals surface area contributed by atoms with Crippen molar-refractivity contribution in [3.8, 4) is 5.75 Å². The van der Waals surface area contributed by atoms with E-state index < -0.39 is 0 Å². The van der Waals surface area contributed by atoms with Gasteiger partial charge in [0.05, 0.1) is 13.2 Å². The number of anilines is 1. The fraction of sp³-hybridized carbons (Fsp3) is 0.353. The fourth-order valence-corrected chi connectivity index (χ4v) is 2.02. The van der Waals surface area contributed by atoms with Crippen molar-refractivity contribution in [3.05, 3.63) is 53.7 Å². The van der Waals surface area contributed by atoms with Crippen molar-refractivity contribution >= 4 is 5.82 Å². The predicted octanol–water partition coefficient (Wildman–Crippen LogP) is 2.97. The Balaban J connectivity index is 1.49. The molecule has 4 heteroatoms. The number of ether oxygens (including phenoxy) is 1. The lowest BCUT2D eigenvalue weighted by Crippen LogP contribution is -2.02. The van der Waals surface area contributed by atoms with E-state index in [0.717, 1.165) is 29.7 Å². The predicted molar refractivity (Wildman–Crippen MR) is 82.1 cm³/mol. The minimum atomic E-state index is 0.0234. The molecule has 110 valence electrons. The van der Waals surface area contributed by atoms with E-state index in [1.807, 2.05) is 24.3 Å². The highest BCUT2D eigenvalue weighted by Gasteiger charge is 2.21. The standard InChI is InChI=1S/C17H20N2O2/c20-11-15-5-8-17(19-10-15)18-9-13-3-6-16(7-4-13)21-12-14-1-2-14/h3-8,10,14,20H,1-2,9,11-12H2,(H,18,19). The van der Waals surface area contributed by atoms with Crippen LogP contribution in [0.3, 0.4) is 0 Å². The summed E-state index contributed by atoms with van der Waals surface area (Å²) in [5.74, 6) is 2.52. The van der Waals surface area contributed by atoms with Crippen molar-refractivity contribution in [1.29, 1.82) is 0 Å². The Kier molecular flexibility index (Phi) is 4.36. The number of hydrogen-bond donors (Lipinski definition) is 2. The molecule has 1 aromatic carbocycles. The van der Waals surface area contributed by atoms with E-state index in [4.69, 9.17) is 9.84 Å². The molecule has 1 heterocycles. The van der Waals surface area contributed by atoms with Crippen molar-refractivity contribution in [1.82, 2.24) is 4.98 Å². The van der Waals surface area contributed by atoms with Crippen LogP contribution in [-0.2, 0) is 13.2 Å². The molecule has 21 heavy (non-hydrogen) atoms. The molecule has 0 bridgehead atoms. The molecular formula is C17H20N2O2. The Morgan fingerprint density at radius 3 is 2.48 bits per heavy atom. The molecule has 4 nitrogen and oxygen atoms in total. The SMILES string of the molecule is OCc1ccc(NCc2ccc(OCC3CC3)cc2)nc1. The van der Waals surface area contributed by atoms with E-state index in [-0.39, 0.29) is 6.61 Å². The van der Waals surface area contributed by atoms with Crippen LogP contribution in [0, 0.1) is 5.92 Å². The summed E-state index contributed by atoms with van der Waals surface area (Å²) in [5, 5.41) is 12.2. The monoisotopic (exact) mass is 284 g/mol. The summed E-state index contributed by atoms with van der Waals surface area (Å²) in [6.07, 6.45) is 4.30. The second-order valence-electron chi connectivity index (χ2n) is 5.46. The highest BCUT2D eigenvalue weighted by Crippen LogP contribution is 2.29. The van der Waals surface area contributed by atoms with Crippen molar-refractivity contribution in [3.63, 3.8) is 0 Å². The maximum atomic E-state index is 8.97. The zero-order chi connectivity index (χ0) is 14.5. The van der Waals surface area contributed by atoms with Crippen LogP contribution < -0.4 is 10.1 Å². The van der Waals surface area contributed by atoms with Gasteiger partial charge < -0.3 is 15.2 Å². The van der Waals surface area contributed by atoms with Gasteiger partial charge >= 0.3 is 0 Å². The van der Waals surface area contributed by atoms with E-state index >= 15 is 0 Å². The number of nitrogens with zero attached hydrogens (tertiary/aromatic N) is 1. The minimum absolute atomic E-state index is 0.0234. The van der Waals surface area contributed by atoms with Crippen LogP contribution in [0.25, 0.3) is 0 Å². The minimum Gasteiger partial charge on any atom is -0.493 e. The Bertz CT molecular complexity index is 562. The van der Waals surface area contributed by atoms with Crippen LogP contribution in [0.5, 0.6) is 5.75 Å². The zero-order valence-electron chi connectivity index (χ0n) is 12.0. The lowest BCUT2D eigenvalue weighted by atomic mass is 10.2. The Hall–Kier alpha value is -2.07. The van der Waals surface area contributed by atoms with Crippen molar-refractivity contribution in [2.45, 2.75) is 26.0 Å². The Morgan fingerprint density at radius 1 is 1.10 bits per heavy atom. The molecule has 1 fully saturated rings. The van der Waals surface area contributed by atoms with Gasteiger partial charge in [0.1, 0.15) is 11.6 Å². The van der Waals surface area contributed by atoms with E-state index in [1.54, 1.807) is 6.20 Å². The lowest BCUT2D eigenvalue weighted by molar-refractivity contribution is 0.281. The van der Waals surface area contributed by atoms with Gasteiger partial charge in [0.15, 0.2) is 0 Å². The number of pyridine rings is 1. The van der Waals surface area contributed by atoms with Gasteiger partial charge in [-0.25, -0.2) is 4.98 Å². The number of hydrogen-bond acceptors (Lipinski definition) is 4. The van der Waals surface area contributed by atoms with Gasteiger partial charge in [-0.15, -0.1) is 0 Å². The summed E-state index contributed by atoms with van der Waals surface area (Å²) in [6.45, 7) is 1.59. The number of aliphatic hydroxyl groups is 1. The van der Waals surface area contributed by atoms with Crippen LogP contribution in [-0.4, -0.2) is 16.7 Å². The van der Waals surface area contributed by atoms with Crippen LogP contribution in [0.2, 0.25) is 0 Å². The quantitative estimate of drug-likeness (QED) is 0.820. The summed E-state index contributed by atoms with van der Waals surface area (Å²) in [6, 6.07) is 11.9. The van der Waals surface area contributed by atoms with Gasteiger partial charge in [-0.1, -0.05) is 18.2 Å². The van der Waals surface area contributed by atoms with Gasteiger partial charge in [-0.05, 0) is 48.1 Å². The topological polar surface area (TPSA) is 54.4 Å². The Morgan fingerprint density at radius 2 is 1.86 bits per heavy atom. The molecule has 2 aromatic rings.